The lowest BCUT2D eigenvalue weighted by atomic mass is 10.1. The van der Waals surface area contributed by atoms with Gasteiger partial charge in [-0.25, -0.2) is 18.0 Å². The largest absolute Gasteiger partial charge is 0.444 e. The van der Waals surface area contributed by atoms with E-state index in [1.165, 1.54) is 67.6 Å². The number of nitrogens with zero attached hydrogens (tertiary/aromatic N) is 2. The van der Waals surface area contributed by atoms with Crippen LogP contribution in [0.15, 0.2) is 75.1 Å². The molecule has 3 aromatic carbocycles. The number of aromatic nitrogens is 2. The zero-order valence-electron chi connectivity index (χ0n) is 22.9. The molecule has 0 atom stereocenters. The molecule has 0 unspecified atom stereocenters. The third kappa shape index (κ3) is 6.51. The van der Waals surface area contributed by atoms with Crippen LogP contribution in [0.4, 0.5) is 10.5 Å². The second-order valence-corrected chi connectivity index (χ2v) is 12.8. The number of benzene rings is 3. The van der Waals surface area contributed by atoms with Crippen LogP contribution in [0.5, 0.6) is 0 Å². The molecule has 14 heteroatoms. The summed E-state index contributed by atoms with van der Waals surface area (Å²) in [6.45, 7) is 6.21. The van der Waals surface area contributed by atoms with Crippen LogP contribution >= 0.6 is 23.2 Å². The number of carbonyl (C=O) groups excluding carboxylic acids is 2. The van der Waals surface area contributed by atoms with Crippen molar-refractivity contribution in [3.8, 4) is 5.69 Å². The van der Waals surface area contributed by atoms with Gasteiger partial charge < -0.3 is 15.4 Å². The van der Waals surface area contributed by atoms with Gasteiger partial charge in [-0.3, -0.25) is 14.2 Å². The molecule has 0 aliphatic carbocycles. The lowest BCUT2D eigenvalue weighted by Gasteiger charge is -2.21. The van der Waals surface area contributed by atoms with Gasteiger partial charge in [0.1, 0.15) is 5.60 Å². The number of amides is 2. The Morgan fingerprint density at radius 3 is 2.19 bits per heavy atom. The fraction of sp³-hybridized carbons (Fsp3) is 0.214. The lowest BCUT2D eigenvalue weighted by Crippen LogP contribution is -2.43. The van der Waals surface area contributed by atoms with Crippen LogP contribution in [0.2, 0.25) is 10.0 Å². The SMILES string of the molecule is CC(=O)Nc1ccc(CNC(=O)OC(C)(C)C)c(-n2c(=O)n(S(=O)(=O)c3ccc(Cl)cc3)c(=O)c3ccc(Cl)cc32)c1. The van der Waals surface area contributed by atoms with E-state index in [9.17, 15) is 27.6 Å². The van der Waals surface area contributed by atoms with Gasteiger partial charge in [-0.2, -0.15) is 0 Å². The van der Waals surface area contributed by atoms with Gasteiger partial charge in [0, 0.05) is 29.2 Å². The summed E-state index contributed by atoms with van der Waals surface area (Å²) in [4.78, 5) is 51.5. The molecule has 0 aliphatic rings. The molecule has 220 valence electrons. The smallest absolute Gasteiger partial charge is 0.407 e. The van der Waals surface area contributed by atoms with Crippen molar-refractivity contribution >= 4 is 61.8 Å². The number of hydrogen-bond donors (Lipinski definition) is 2. The third-order valence-electron chi connectivity index (χ3n) is 5.80. The minimum Gasteiger partial charge on any atom is -0.444 e. The Kier molecular flexibility index (Phi) is 8.53. The molecular formula is C28H26Cl2N4O7S. The summed E-state index contributed by atoms with van der Waals surface area (Å²) in [6.07, 6.45) is -0.741. The fourth-order valence-corrected chi connectivity index (χ4v) is 5.69. The minimum atomic E-state index is -4.72. The van der Waals surface area contributed by atoms with Crippen molar-refractivity contribution in [3.63, 3.8) is 0 Å². The van der Waals surface area contributed by atoms with Crippen LogP contribution in [-0.2, 0) is 26.1 Å². The molecule has 0 fully saturated rings. The van der Waals surface area contributed by atoms with Gasteiger partial charge in [0.2, 0.25) is 5.91 Å². The van der Waals surface area contributed by atoms with E-state index in [0.29, 0.717) is 5.56 Å². The third-order valence-corrected chi connectivity index (χ3v) is 7.96. The number of nitrogens with one attached hydrogen (secondary N) is 2. The highest BCUT2D eigenvalue weighted by Crippen LogP contribution is 2.25. The second kappa shape index (κ2) is 11.6. The quantitative estimate of drug-likeness (QED) is 0.314. The molecule has 1 aromatic heterocycles. The van der Waals surface area contributed by atoms with Crippen molar-refractivity contribution in [1.29, 1.82) is 0 Å². The Morgan fingerprint density at radius 2 is 1.57 bits per heavy atom. The highest BCUT2D eigenvalue weighted by Gasteiger charge is 2.27. The van der Waals surface area contributed by atoms with E-state index >= 15 is 0 Å². The normalized spacial score (nSPS) is 11.8. The van der Waals surface area contributed by atoms with Crippen LogP contribution in [-0.4, -0.2) is 34.6 Å². The molecule has 2 amide bonds. The lowest BCUT2D eigenvalue weighted by molar-refractivity contribution is -0.114. The summed E-state index contributed by atoms with van der Waals surface area (Å²) in [6, 6.07) is 13.5. The molecule has 4 aromatic rings. The molecule has 11 nitrogen and oxygen atoms in total. The number of halogens is 2. The van der Waals surface area contributed by atoms with Crippen LogP contribution in [0.1, 0.15) is 33.3 Å². The average Bonchev–Trinajstić information content (AvgIpc) is 2.87. The highest BCUT2D eigenvalue weighted by atomic mass is 35.5. The van der Waals surface area contributed by atoms with E-state index in [0.717, 1.165) is 4.57 Å². The predicted octanol–water partition coefficient (Wildman–Crippen LogP) is 4.68. The topological polar surface area (TPSA) is 146 Å². The van der Waals surface area contributed by atoms with E-state index in [1.54, 1.807) is 20.8 Å². The molecule has 2 N–H and O–H groups in total. The first-order valence-electron chi connectivity index (χ1n) is 12.4. The van der Waals surface area contributed by atoms with Crippen LogP contribution in [0, 0.1) is 0 Å². The first kappa shape index (κ1) is 30.8. The summed E-state index contributed by atoms with van der Waals surface area (Å²) in [7, 11) is -4.72. The number of alkyl carbamates (subject to hydrolysis) is 1. The number of rotatable bonds is 6. The molecular weight excluding hydrogens is 607 g/mol. The molecule has 0 saturated carbocycles. The number of carbonyl (C=O) groups is 2. The molecule has 0 saturated heterocycles. The van der Waals surface area contributed by atoms with Crippen molar-refractivity contribution in [3.05, 3.63) is 97.1 Å². The van der Waals surface area contributed by atoms with E-state index in [1.807, 2.05) is 0 Å². The summed E-state index contributed by atoms with van der Waals surface area (Å²) < 4.78 is 33.8. The standard InChI is InChI=1S/C28H26Cl2N4O7S/c1-16(35)32-20-9-5-17(15-31-26(37)41-28(2,3)4)23(14-20)33-24-13-19(30)8-12-22(24)25(36)34(27(33)38)42(39,40)21-10-6-18(29)7-11-21/h5-14H,15H2,1-4H3,(H,31,37)(H,32,35). The Hall–Kier alpha value is -4.13. The maximum Gasteiger partial charge on any atom is 0.407 e. The second-order valence-electron chi connectivity index (χ2n) is 10.2. The van der Waals surface area contributed by atoms with E-state index in [-0.39, 0.29) is 47.7 Å². The van der Waals surface area contributed by atoms with Crippen molar-refractivity contribution in [1.82, 2.24) is 13.9 Å². The van der Waals surface area contributed by atoms with Crippen molar-refractivity contribution in [2.24, 2.45) is 0 Å². The van der Waals surface area contributed by atoms with Gasteiger partial charge in [-0.05, 0) is 80.9 Å². The molecule has 0 bridgehead atoms. The summed E-state index contributed by atoms with van der Waals surface area (Å²) in [5.74, 6) is -0.406. The van der Waals surface area contributed by atoms with Crippen molar-refractivity contribution < 1.29 is 22.7 Å². The maximum absolute atomic E-state index is 14.1. The fourth-order valence-electron chi connectivity index (χ4n) is 4.10. The van der Waals surface area contributed by atoms with Crippen molar-refractivity contribution in [2.45, 2.75) is 44.7 Å². The predicted molar refractivity (Wildman–Crippen MR) is 160 cm³/mol. The first-order chi connectivity index (χ1) is 19.6. The number of fused-ring (bicyclic) bond motifs is 1. The van der Waals surface area contributed by atoms with Gasteiger partial charge in [0.15, 0.2) is 0 Å². The average molecular weight is 634 g/mol. The van der Waals surface area contributed by atoms with Gasteiger partial charge in [0.05, 0.1) is 21.5 Å². The zero-order chi connectivity index (χ0) is 31.0. The van der Waals surface area contributed by atoms with E-state index in [2.05, 4.69) is 10.6 Å². The first-order valence-corrected chi connectivity index (χ1v) is 14.6. The summed E-state index contributed by atoms with van der Waals surface area (Å²) in [5.41, 5.74) is -2.45. The molecule has 42 heavy (non-hydrogen) atoms. The number of anilines is 1. The van der Waals surface area contributed by atoms with E-state index < -0.39 is 38.9 Å². The molecule has 4 rings (SSSR count). The Morgan fingerprint density at radius 1 is 0.929 bits per heavy atom. The van der Waals surface area contributed by atoms with Gasteiger partial charge >= 0.3 is 11.8 Å². The highest BCUT2D eigenvalue weighted by molar-refractivity contribution is 7.90. The Labute approximate surface area is 250 Å². The van der Waals surface area contributed by atoms with Gasteiger partial charge in [-0.15, -0.1) is 3.97 Å². The Balaban J connectivity index is 2.04. The van der Waals surface area contributed by atoms with E-state index in [4.69, 9.17) is 27.9 Å². The summed E-state index contributed by atoms with van der Waals surface area (Å²) in [5, 5.41) is 5.50. The zero-order valence-corrected chi connectivity index (χ0v) is 25.2. The Bertz CT molecular complexity index is 1940. The van der Waals surface area contributed by atoms with Crippen molar-refractivity contribution in [2.75, 3.05) is 5.32 Å². The van der Waals surface area contributed by atoms with Gasteiger partial charge in [-0.1, -0.05) is 29.3 Å². The maximum atomic E-state index is 14.1. The number of hydrogen-bond acceptors (Lipinski definition) is 7. The summed E-state index contributed by atoms with van der Waals surface area (Å²) >= 11 is 12.2. The molecule has 0 spiro atoms. The monoisotopic (exact) mass is 632 g/mol. The molecule has 1 heterocycles. The van der Waals surface area contributed by atoms with Crippen LogP contribution < -0.4 is 21.9 Å². The minimum absolute atomic E-state index is 0.00134. The van der Waals surface area contributed by atoms with Crippen LogP contribution in [0.25, 0.3) is 16.6 Å². The molecule has 0 radical (unpaired) electrons. The van der Waals surface area contributed by atoms with Crippen LogP contribution in [0.3, 0.4) is 0 Å². The van der Waals surface area contributed by atoms with Gasteiger partial charge in [0.25, 0.3) is 15.6 Å². The molecule has 0 aliphatic heterocycles. The number of ether oxygens (including phenoxy) is 1.